The molecule has 18 heavy (non-hydrogen) atoms. The van der Waals surface area contributed by atoms with Crippen LogP contribution in [0.25, 0.3) is 0 Å². The molecule has 1 heterocycles. The molecular formula is C14H15BrO3. The summed E-state index contributed by atoms with van der Waals surface area (Å²) in [5.41, 5.74) is 0.624. The van der Waals surface area contributed by atoms with Gasteiger partial charge in [0, 0.05) is 23.7 Å². The van der Waals surface area contributed by atoms with Crippen LogP contribution in [0.2, 0.25) is 0 Å². The maximum Gasteiger partial charge on any atom is 0.251 e. The van der Waals surface area contributed by atoms with Crippen molar-refractivity contribution in [1.82, 2.24) is 0 Å². The largest absolute Gasteiger partial charge is 0.448 e. The number of ether oxygens (including phenoxy) is 2. The Kier molecular flexibility index (Phi) is 2.11. The number of hydrogen-bond donors (Lipinski definition) is 1. The lowest BCUT2D eigenvalue weighted by atomic mass is 9.91. The SMILES string of the molecule is OC1(Cc2cc3c(cc2Br)OC2(CCC2)O3)CC1. The van der Waals surface area contributed by atoms with E-state index in [9.17, 15) is 5.11 Å². The summed E-state index contributed by atoms with van der Waals surface area (Å²) in [6.45, 7) is 0. The Bertz CT molecular complexity index is 518. The fourth-order valence-electron chi connectivity index (χ4n) is 2.64. The zero-order valence-electron chi connectivity index (χ0n) is 10.0. The molecule has 3 aliphatic rings. The minimum absolute atomic E-state index is 0.378. The fraction of sp³-hybridized carbons (Fsp3) is 0.571. The molecule has 1 aromatic rings. The average Bonchev–Trinajstić information content (AvgIpc) is 2.86. The van der Waals surface area contributed by atoms with Crippen molar-refractivity contribution < 1.29 is 14.6 Å². The molecule has 1 spiro atoms. The second kappa shape index (κ2) is 3.42. The Labute approximate surface area is 114 Å². The zero-order chi connectivity index (χ0) is 12.4. The molecule has 2 aliphatic carbocycles. The molecule has 0 atom stereocenters. The van der Waals surface area contributed by atoms with Crippen molar-refractivity contribution >= 4 is 15.9 Å². The molecule has 0 saturated heterocycles. The highest BCUT2D eigenvalue weighted by Crippen LogP contribution is 2.50. The predicted octanol–water partition coefficient (Wildman–Crippen LogP) is 3.17. The summed E-state index contributed by atoms with van der Waals surface area (Å²) in [7, 11) is 0. The van der Waals surface area contributed by atoms with Gasteiger partial charge in [-0.1, -0.05) is 15.9 Å². The standard InChI is InChI=1S/C14H15BrO3/c15-10-7-12-11(17-14(18-12)2-1-3-14)6-9(10)8-13(16)4-5-13/h6-7,16H,1-5,8H2. The normalized spacial score (nSPS) is 25.0. The van der Waals surface area contributed by atoms with Crippen LogP contribution in [0.3, 0.4) is 0 Å². The van der Waals surface area contributed by atoms with Crippen molar-refractivity contribution in [2.24, 2.45) is 0 Å². The highest BCUT2D eigenvalue weighted by atomic mass is 79.9. The Hall–Kier alpha value is -0.740. The van der Waals surface area contributed by atoms with Crippen molar-refractivity contribution in [3.8, 4) is 11.5 Å². The van der Waals surface area contributed by atoms with E-state index in [2.05, 4.69) is 15.9 Å². The van der Waals surface area contributed by atoms with Crippen LogP contribution in [0, 0.1) is 0 Å². The van der Waals surface area contributed by atoms with Gasteiger partial charge < -0.3 is 14.6 Å². The van der Waals surface area contributed by atoms with E-state index in [0.29, 0.717) is 6.42 Å². The molecule has 0 radical (unpaired) electrons. The quantitative estimate of drug-likeness (QED) is 0.912. The second-order valence-electron chi connectivity index (χ2n) is 5.76. The van der Waals surface area contributed by atoms with Crippen molar-refractivity contribution in [1.29, 1.82) is 0 Å². The second-order valence-corrected chi connectivity index (χ2v) is 6.61. The predicted molar refractivity (Wildman–Crippen MR) is 69.9 cm³/mol. The van der Waals surface area contributed by atoms with E-state index in [1.54, 1.807) is 0 Å². The Morgan fingerprint density at radius 3 is 2.33 bits per heavy atom. The highest BCUT2D eigenvalue weighted by molar-refractivity contribution is 9.10. The van der Waals surface area contributed by atoms with E-state index < -0.39 is 5.60 Å². The van der Waals surface area contributed by atoms with Crippen molar-refractivity contribution in [2.75, 3.05) is 0 Å². The number of aliphatic hydroxyl groups is 1. The Morgan fingerprint density at radius 1 is 1.11 bits per heavy atom. The minimum Gasteiger partial charge on any atom is -0.448 e. The third kappa shape index (κ3) is 1.66. The first kappa shape index (κ1) is 11.1. The molecule has 1 aliphatic heterocycles. The molecule has 4 rings (SSSR count). The summed E-state index contributed by atoms with van der Waals surface area (Å²) >= 11 is 3.56. The van der Waals surface area contributed by atoms with Crippen LogP contribution >= 0.6 is 15.9 Å². The summed E-state index contributed by atoms with van der Waals surface area (Å²) in [4.78, 5) is 0. The molecule has 1 N–H and O–H groups in total. The fourth-order valence-corrected chi connectivity index (χ4v) is 3.10. The molecule has 0 amide bonds. The van der Waals surface area contributed by atoms with Gasteiger partial charge in [-0.05, 0) is 37.0 Å². The van der Waals surface area contributed by atoms with E-state index in [4.69, 9.17) is 9.47 Å². The highest BCUT2D eigenvalue weighted by Gasteiger charge is 2.47. The first-order valence-corrected chi connectivity index (χ1v) is 7.30. The lowest BCUT2D eigenvalue weighted by Gasteiger charge is -2.35. The van der Waals surface area contributed by atoms with Crippen molar-refractivity contribution in [3.63, 3.8) is 0 Å². The van der Waals surface area contributed by atoms with E-state index in [-0.39, 0.29) is 5.79 Å². The average molecular weight is 311 g/mol. The van der Waals surface area contributed by atoms with Crippen LogP contribution < -0.4 is 9.47 Å². The lowest BCUT2D eigenvalue weighted by Crippen LogP contribution is -2.45. The number of benzene rings is 1. The number of hydrogen-bond acceptors (Lipinski definition) is 3. The van der Waals surface area contributed by atoms with Crippen molar-refractivity contribution in [2.45, 2.75) is 49.9 Å². The van der Waals surface area contributed by atoms with Gasteiger partial charge in [0.1, 0.15) is 0 Å². The van der Waals surface area contributed by atoms with Crippen LogP contribution in [0.4, 0.5) is 0 Å². The molecule has 2 fully saturated rings. The van der Waals surface area contributed by atoms with Crippen LogP contribution in [-0.4, -0.2) is 16.5 Å². The van der Waals surface area contributed by atoms with Gasteiger partial charge in [-0.25, -0.2) is 0 Å². The van der Waals surface area contributed by atoms with Crippen molar-refractivity contribution in [3.05, 3.63) is 22.2 Å². The first-order valence-electron chi connectivity index (χ1n) is 6.51. The monoisotopic (exact) mass is 310 g/mol. The zero-order valence-corrected chi connectivity index (χ0v) is 11.6. The van der Waals surface area contributed by atoms with Crippen LogP contribution in [-0.2, 0) is 6.42 Å². The third-order valence-electron chi connectivity index (χ3n) is 4.17. The van der Waals surface area contributed by atoms with Gasteiger partial charge in [-0.15, -0.1) is 0 Å². The molecule has 4 heteroatoms. The van der Waals surface area contributed by atoms with Gasteiger partial charge in [-0.3, -0.25) is 0 Å². The summed E-state index contributed by atoms with van der Waals surface area (Å²) in [6.07, 6.45) is 5.60. The molecule has 3 nitrogen and oxygen atoms in total. The Morgan fingerprint density at radius 2 is 1.78 bits per heavy atom. The molecule has 0 unspecified atom stereocenters. The first-order chi connectivity index (χ1) is 8.58. The van der Waals surface area contributed by atoms with Gasteiger partial charge in [0.25, 0.3) is 5.79 Å². The third-order valence-corrected chi connectivity index (χ3v) is 4.90. The molecule has 0 aromatic heterocycles. The van der Waals surface area contributed by atoms with Gasteiger partial charge in [0.2, 0.25) is 0 Å². The number of halogens is 1. The maximum absolute atomic E-state index is 10.0. The van der Waals surface area contributed by atoms with E-state index in [0.717, 1.165) is 47.2 Å². The van der Waals surface area contributed by atoms with Gasteiger partial charge >= 0.3 is 0 Å². The van der Waals surface area contributed by atoms with E-state index in [1.807, 2.05) is 12.1 Å². The van der Waals surface area contributed by atoms with Crippen LogP contribution in [0.1, 0.15) is 37.7 Å². The summed E-state index contributed by atoms with van der Waals surface area (Å²) in [5.74, 6) is 1.28. The maximum atomic E-state index is 10.0. The molecule has 96 valence electrons. The van der Waals surface area contributed by atoms with Crippen LogP contribution in [0.5, 0.6) is 11.5 Å². The number of rotatable bonds is 2. The molecule has 2 saturated carbocycles. The summed E-state index contributed by atoms with van der Waals surface area (Å²) in [5, 5.41) is 10.0. The molecule has 0 bridgehead atoms. The summed E-state index contributed by atoms with van der Waals surface area (Å²) in [6, 6.07) is 3.99. The molecule has 1 aromatic carbocycles. The molecular weight excluding hydrogens is 296 g/mol. The lowest BCUT2D eigenvalue weighted by molar-refractivity contribution is -0.138. The smallest absolute Gasteiger partial charge is 0.251 e. The Balaban J connectivity index is 1.65. The minimum atomic E-state index is -0.482. The van der Waals surface area contributed by atoms with Gasteiger partial charge in [0.05, 0.1) is 5.60 Å². The van der Waals surface area contributed by atoms with E-state index in [1.165, 1.54) is 6.42 Å². The van der Waals surface area contributed by atoms with Gasteiger partial charge in [-0.2, -0.15) is 0 Å². The number of fused-ring (bicyclic) bond motifs is 1. The van der Waals surface area contributed by atoms with Gasteiger partial charge in [0.15, 0.2) is 11.5 Å². The van der Waals surface area contributed by atoms with E-state index >= 15 is 0 Å². The topological polar surface area (TPSA) is 38.7 Å². The summed E-state index contributed by atoms with van der Waals surface area (Å²) < 4.78 is 12.8. The van der Waals surface area contributed by atoms with Crippen LogP contribution in [0.15, 0.2) is 16.6 Å².